The zero-order valence-corrected chi connectivity index (χ0v) is 14.0. The van der Waals surface area contributed by atoms with Gasteiger partial charge in [0.25, 0.3) is 5.91 Å². The number of nitrogens with one attached hydrogen (secondary N) is 1. The molecule has 2 rings (SSSR count). The minimum atomic E-state index is -0.710. The summed E-state index contributed by atoms with van der Waals surface area (Å²) >= 11 is 0. The first kappa shape index (κ1) is 17.4. The fourth-order valence-electron chi connectivity index (χ4n) is 2.15. The summed E-state index contributed by atoms with van der Waals surface area (Å²) in [5.74, 6) is 0.576. The highest BCUT2D eigenvalue weighted by Gasteiger charge is 2.17. The molecule has 5 heteroatoms. The molecule has 0 saturated carbocycles. The monoisotopic (exact) mass is 324 g/mol. The zero-order valence-electron chi connectivity index (χ0n) is 14.0. The molecule has 124 valence electrons. The molecule has 1 N–H and O–H groups in total. The molecule has 0 heterocycles. The number of hydrogen-bond donors (Lipinski definition) is 1. The minimum absolute atomic E-state index is 0.259. The van der Waals surface area contributed by atoms with Gasteiger partial charge in [0.1, 0.15) is 0 Å². The lowest BCUT2D eigenvalue weighted by Gasteiger charge is -2.17. The number of hydrogen-bond acceptors (Lipinski definition) is 4. The molecule has 0 saturated heterocycles. The molecule has 0 spiro atoms. The van der Waals surface area contributed by atoms with Crippen LogP contribution in [0, 0.1) is 11.3 Å². The Morgan fingerprint density at radius 2 is 1.92 bits per heavy atom. The lowest BCUT2D eigenvalue weighted by molar-refractivity contribution is -0.122. The number of anilines is 1. The fraction of sp³-hybridized carbons (Fsp3) is 0.263. The lowest BCUT2D eigenvalue weighted by Crippen LogP contribution is -2.30. The van der Waals surface area contributed by atoms with E-state index in [4.69, 9.17) is 14.7 Å². The Kier molecular flexibility index (Phi) is 5.80. The molecule has 1 atom stereocenters. The highest BCUT2D eigenvalue weighted by molar-refractivity contribution is 5.94. The third-order valence-electron chi connectivity index (χ3n) is 3.60. The summed E-state index contributed by atoms with van der Waals surface area (Å²) in [6, 6.07) is 14.5. The minimum Gasteiger partial charge on any atom is -0.493 e. The first-order chi connectivity index (χ1) is 11.6. The first-order valence-electron chi connectivity index (χ1n) is 7.72. The molecule has 24 heavy (non-hydrogen) atoms. The molecule has 1 amide bonds. The van der Waals surface area contributed by atoms with Gasteiger partial charge in [-0.2, -0.15) is 5.26 Å². The predicted molar refractivity (Wildman–Crippen MR) is 92.2 cm³/mol. The number of nitriles is 1. The summed E-state index contributed by atoms with van der Waals surface area (Å²) in [4.78, 5) is 12.3. The SMILES string of the molecule is CCc1ccc(NC(=O)[C@H](C)Oc2ccc(C#N)cc2OC)cc1. The Bertz CT molecular complexity index is 748. The number of carbonyl (C=O) groups excluding carboxylic acids is 1. The lowest BCUT2D eigenvalue weighted by atomic mass is 10.1. The van der Waals surface area contributed by atoms with Gasteiger partial charge in [0, 0.05) is 11.8 Å². The van der Waals surface area contributed by atoms with Crippen molar-refractivity contribution in [3.05, 3.63) is 53.6 Å². The number of aryl methyl sites for hydroxylation is 1. The quantitative estimate of drug-likeness (QED) is 0.882. The van der Waals surface area contributed by atoms with Gasteiger partial charge in [-0.1, -0.05) is 19.1 Å². The zero-order chi connectivity index (χ0) is 17.5. The van der Waals surface area contributed by atoms with Crippen LogP contribution >= 0.6 is 0 Å². The van der Waals surface area contributed by atoms with Gasteiger partial charge in [0.15, 0.2) is 17.6 Å². The third kappa shape index (κ3) is 4.26. The van der Waals surface area contributed by atoms with E-state index in [0.29, 0.717) is 17.1 Å². The van der Waals surface area contributed by atoms with E-state index in [-0.39, 0.29) is 5.91 Å². The molecule has 0 radical (unpaired) electrons. The molecule has 0 aromatic heterocycles. The van der Waals surface area contributed by atoms with Crippen molar-refractivity contribution in [3.63, 3.8) is 0 Å². The molecule has 0 aliphatic carbocycles. The Morgan fingerprint density at radius 3 is 2.50 bits per heavy atom. The van der Waals surface area contributed by atoms with Crippen molar-refractivity contribution in [2.75, 3.05) is 12.4 Å². The van der Waals surface area contributed by atoms with E-state index < -0.39 is 6.10 Å². The van der Waals surface area contributed by atoms with Crippen LogP contribution in [0.3, 0.4) is 0 Å². The van der Waals surface area contributed by atoms with Crippen molar-refractivity contribution < 1.29 is 14.3 Å². The number of nitrogens with zero attached hydrogens (tertiary/aromatic N) is 1. The number of rotatable bonds is 6. The van der Waals surface area contributed by atoms with Gasteiger partial charge in [-0.25, -0.2) is 0 Å². The average Bonchev–Trinajstić information content (AvgIpc) is 2.62. The Balaban J connectivity index is 2.04. The Morgan fingerprint density at radius 1 is 1.21 bits per heavy atom. The van der Waals surface area contributed by atoms with E-state index >= 15 is 0 Å². The van der Waals surface area contributed by atoms with Gasteiger partial charge < -0.3 is 14.8 Å². The van der Waals surface area contributed by atoms with Gasteiger partial charge in [-0.05, 0) is 43.2 Å². The van der Waals surface area contributed by atoms with Crippen LogP contribution in [0.1, 0.15) is 25.0 Å². The van der Waals surface area contributed by atoms with Crippen LogP contribution in [0.5, 0.6) is 11.5 Å². The molecule has 0 aliphatic rings. The molecule has 0 aliphatic heterocycles. The van der Waals surface area contributed by atoms with Gasteiger partial charge in [-0.3, -0.25) is 4.79 Å². The summed E-state index contributed by atoms with van der Waals surface area (Å²) in [7, 11) is 1.49. The maximum absolute atomic E-state index is 12.3. The van der Waals surface area contributed by atoms with E-state index in [2.05, 4.69) is 12.2 Å². The summed E-state index contributed by atoms with van der Waals surface area (Å²) in [6.07, 6.45) is 0.240. The maximum Gasteiger partial charge on any atom is 0.265 e. The van der Waals surface area contributed by atoms with Crippen molar-refractivity contribution in [2.24, 2.45) is 0 Å². The number of methoxy groups -OCH3 is 1. The number of carbonyl (C=O) groups is 1. The molecule has 0 unspecified atom stereocenters. The molecule has 2 aromatic rings. The average molecular weight is 324 g/mol. The summed E-state index contributed by atoms with van der Waals surface area (Å²) in [5, 5.41) is 11.7. The van der Waals surface area contributed by atoms with Crippen molar-refractivity contribution in [1.82, 2.24) is 0 Å². The second-order valence-corrected chi connectivity index (χ2v) is 5.28. The first-order valence-corrected chi connectivity index (χ1v) is 7.72. The van der Waals surface area contributed by atoms with Crippen LogP contribution in [-0.2, 0) is 11.2 Å². The molecular weight excluding hydrogens is 304 g/mol. The Labute approximate surface area is 141 Å². The molecule has 5 nitrogen and oxygen atoms in total. The van der Waals surface area contributed by atoms with Crippen LogP contribution in [-0.4, -0.2) is 19.1 Å². The molecular formula is C19H20N2O3. The van der Waals surface area contributed by atoms with Gasteiger partial charge in [0.05, 0.1) is 18.7 Å². The standard InChI is InChI=1S/C19H20N2O3/c1-4-14-5-8-16(9-6-14)21-19(22)13(2)24-17-10-7-15(12-20)11-18(17)23-3/h5-11,13H,4H2,1-3H3,(H,21,22)/t13-/m0/s1. The van der Waals surface area contributed by atoms with Gasteiger partial charge in [0.2, 0.25) is 0 Å². The predicted octanol–water partition coefficient (Wildman–Crippen LogP) is 3.54. The van der Waals surface area contributed by atoms with E-state index in [1.807, 2.05) is 30.3 Å². The number of amides is 1. The largest absolute Gasteiger partial charge is 0.493 e. The van der Waals surface area contributed by atoms with Crippen LogP contribution in [0.4, 0.5) is 5.69 Å². The highest BCUT2D eigenvalue weighted by Crippen LogP contribution is 2.28. The van der Waals surface area contributed by atoms with Crippen LogP contribution in [0.15, 0.2) is 42.5 Å². The van der Waals surface area contributed by atoms with Crippen LogP contribution in [0.25, 0.3) is 0 Å². The fourth-order valence-corrected chi connectivity index (χ4v) is 2.15. The molecule has 2 aromatic carbocycles. The normalized spacial score (nSPS) is 11.2. The van der Waals surface area contributed by atoms with Crippen LogP contribution < -0.4 is 14.8 Å². The smallest absolute Gasteiger partial charge is 0.265 e. The van der Waals surface area contributed by atoms with E-state index in [9.17, 15) is 4.79 Å². The topological polar surface area (TPSA) is 71.3 Å². The third-order valence-corrected chi connectivity index (χ3v) is 3.60. The molecule has 0 bridgehead atoms. The highest BCUT2D eigenvalue weighted by atomic mass is 16.5. The van der Waals surface area contributed by atoms with Crippen molar-refractivity contribution in [2.45, 2.75) is 26.4 Å². The van der Waals surface area contributed by atoms with E-state index in [0.717, 1.165) is 12.1 Å². The van der Waals surface area contributed by atoms with Crippen molar-refractivity contribution in [1.29, 1.82) is 5.26 Å². The summed E-state index contributed by atoms with van der Waals surface area (Å²) in [5.41, 5.74) is 2.39. The second kappa shape index (κ2) is 8.02. The van der Waals surface area contributed by atoms with Gasteiger partial charge in [-0.15, -0.1) is 0 Å². The molecule has 0 fully saturated rings. The summed E-state index contributed by atoms with van der Waals surface area (Å²) < 4.78 is 10.9. The van der Waals surface area contributed by atoms with E-state index in [1.54, 1.807) is 25.1 Å². The summed E-state index contributed by atoms with van der Waals surface area (Å²) in [6.45, 7) is 3.74. The number of ether oxygens (including phenoxy) is 2. The Hall–Kier alpha value is -3.00. The number of benzene rings is 2. The maximum atomic E-state index is 12.3. The van der Waals surface area contributed by atoms with Crippen molar-refractivity contribution >= 4 is 11.6 Å². The van der Waals surface area contributed by atoms with Crippen LogP contribution in [0.2, 0.25) is 0 Å². The van der Waals surface area contributed by atoms with E-state index in [1.165, 1.54) is 12.7 Å². The van der Waals surface area contributed by atoms with Crippen molar-refractivity contribution in [3.8, 4) is 17.6 Å². The van der Waals surface area contributed by atoms with Gasteiger partial charge >= 0.3 is 0 Å². The second-order valence-electron chi connectivity index (χ2n) is 5.28.